The van der Waals surface area contributed by atoms with E-state index in [9.17, 15) is 4.39 Å². The van der Waals surface area contributed by atoms with Gasteiger partial charge in [-0.3, -0.25) is 4.68 Å². The Morgan fingerprint density at radius 1 is 1.50 bits per heavy atom. The van der Waals surface area contributed by atoms with Gasteiger partial charge in [-0.05, 0) is 47.0 Å². The summed E-state index contributed by atoms with van der Waals surface area (Å²) in [6.07, 6.45) is 0.567. The summed E-state index contributed by atoms with van der Waals surface area (Å²) in [4.78, 5) is 0. The zero-order valence-electron chi connectivity index (χ0n) is 10.3. The second-order valence-corrected chi connectivity index (χ2v) is 5.15. The average molecular weight is 312 g/mol. The summed E-state index contributed by atoms with van der Waals surface area (Å²) in [5, 5.41) is 4.26. The Bertz CT molecular complexity index is 565. The minimum absolute atomic E-state index is 0.200. The summed E-state index contributed by atoms with van der Waals surface area (Å²) >= 11 is 3.25. The third-order valence-corrected chi connectivity index (χ3v) is 3.78. The second kappa shape index (κ2) is 5.20. The van der Waals surface area contributed by atoms with Crippen molar-refractivity contribution in [1.82, 2.24) is 9.78 Å². The van der Waals surface area contributed by atoms with Crippen LogP contribution in [0.1, 0.15) is 23.0 Å². The number of nitrogens with two attached hydrogens (primary N) is 1. The molecule has 2 aromatic rings. The zero-order valence-corrected chi connectivity index (χ0v) is 11.9. The summed E-state index contributed by atoms with van der Waals surface area (Å²) in [5.41, 5.74) is 8.90. The Hall–Kier alpha value is -1.20. The van der Waals surface area contributed by atoms with Gasteiger partial charge in [-0.15, -0.1) is 0 Å². The second-order valence-electron chi connectivity index (χ2n) is 4.36. The Morgan fingerprint density at radius 3 is 2.83 bits per heavy atom. The van der Waals surface area contributed by atoms with E-state index in [-0.39, 0.29) is 11.9 Å². The molecule has 0 fully saturated rings. The first-order chi connectivity index (χ1) is 8.49. The lowest BCUT2D eigenvalue weighted by Crippen LogP contribution is -2.17. The van der Waals surface area contributed by atoms with Crippen molar-refractivity contribution in [1.29, 1.82) is 0 Å². The molecule has 96 valence electrons. The highest BCUT2D eigenvalue weighted by Gasteiger charge is 2.15. The number of nitrogens with zero attached hydrogens (tertiary/aromatic N) is 2. The van der Waals surface area contributed by atoms with E-state index in [1.807, 2.05) is 26.1 Å². The molecule has 0 bridgehead atoms. The van der Waals surface area contributed by atoms with E-state index in [0.29, 0.717) is 10.9 Å². The normalized spacial score (nSPS) is 12.7. The number of rotatable bonds is 3. The van der Waals surface area contributed by atoms with E-state index in [4.69, 9.17) is 5.73 Å². The van der Waals surface area contributed by atoms with Crippen molar-refractivity contribution in [3.05, 3.63) is 51.5 Å². The predicted octanol–water partition coefficient (Wildman–Crippen LogP) is 2.87. The van der Waals surface area contributed by atoms with Crippen molar-refractivity contribution in [3.8, 4) is 0 Å². The number of hydrogen-bond acceptors (Lipinski definition) is 2. The third-order valence-electron chi connectivity index (χ3n) is 2.89. The van der Waals surface area contributed by atoms with Crippen LogP contribution >= 0.6 is 15.9 Å². The van der Waals surface area contributed by atoms with E-state index in [1.165, 1.54) is 6.07 Å². The number of halogens is 2. The van der Waals surface area contributed by atoms with Crippen LogP contribution in [0.15, 0.2) is 28.7 Å². The van der Waals surface area contributed by atoms with Crippen LogP contribution in [0.4, 0.5) is 4.39 Å². The van der Waals surface area contributed by atoms with Gasteiger partial charge in [0, 0.05) is 7.05 Å². The molecule has 0 saturated heterocycles. The van der Waals surface area contributed by atoms with Crippen LogP contribution in [0.2, 0.25) is 0 Å². The fraction of sp³-hybridized carbons (Fsp3) is 0.308. The van der Waals surface area contributed by atoms with Gasteiger partial charge in [0.25, 0.3) is 0 Å². The number of aryl methyl sites for hydroxylation is 2. The molecule has 1 aromatic heterocycles. The maximum Gasteiger partial charge on any atom is 0.137 e. The quantitative estimate of drug-likeness (QED) is 0.947. The summed E-state index contributed by atoms with van der Waals surface area (Å²) in [7, 11) is 1.86. The average Bonchev–Trinajstić information content (AvgIpc) is 2.64. The van der Waals surface area contributed by atoms with Crippen LogP contribution in [0.5, 0.6) is 0 Å². The predicted molar refractivity (Wildman–Crippen MR) is 72.7 cm³/mol. The fourth-order valence-corrected chi connectivity index (χ4v) is 2.45. The van der Waals surface area contributed by atoms with Gasteiger partial charge in [0.1, 0.15) is 5.82 Å². The fourth-order valence-electron chi connectivity index (χ4n) is 2.03. The molecule has 1 atom stereocenters. The molecule has 1 heterocycles. The lowest BCUT2D eigenvalue weighted by Gasteiger charge is -2.13. The molecule has 2 N–H and O–H groups in total. The SMILES string of the molecule is Cc1cc(C(N)Cc2cccc(F)c2Br)n(C)n1. The van der Waals surface area contributed by atoms with Crippen LogP contribution in [0.3, 0.4) is 0 Å². The van der Waals surface area contributed by atoms with Crippen molar-refractivity contribution >= 4 is 15.9 Å². The Kier molecular flexibility index (Phi) is 3.82. The lowest BCUT2D eigenvalue weighted by molar-refractivity contribution is 0.599. The first-order valence-corrected chi connectivity index (χ1v) is 6.47. The van der Waals surface area contributed by atoms with E-state index >= 15 is 0 Å². The number of aromatic nitrogens is 2. The van der Waals surface area contributed by atoms with Crippen molar-refractivity contribution in [2.75, 3.05) is 0 Å². The summed E-state index contributed by atoms with van der Waals surface area (Å²) in [6.45, 7) is 1.92. The van der Waals surface area contributed by atoms with Gasteiger partial charge in [0.05, 0.1) is 21.9 Å². The molecule has 5 heteroatoms. The van der Waals surface area contributed by atoms with E-state index in [1.54, 1.807) is 10.7 Å². The molecule has 0 aliphatic carbocycles. The Morgan fingerprint density at radius 2 is 2.22 bits per heavy atom. The van der Waals surface area contributed by atoms with E-state index in [0.717, 1.165) is 17.0 Å². The smallest absolute Gasteiger partial charge is 0.137 e. The van der Waals surface area contributed by atoms with Crippen molar-refractivity contribution in [2.24, 2.45) is 12.8 Å². The zero-order chi connectivity index (χ0) is 13.3. The van der Waals surface area contributed by atoms with Gasteiger partial charge in [0.15, 0.2) is 0 Å². The van der Waals surface area contributed by atoms with Crippen molar-refractivity contribution in [3.63, 3.8) is 0 Å². The van der Waals surface area contributed by atoms with Crippen molar-refractivity contribution in [2.45, 2.75) is 19.4 Å². The molecular weight excluding hydrogens is 297 g/mol. The van der Waals surface area contributed by atoms with Crippen molar-refractivity contribution < 1.29 is 4.39 Å². The maximum atomic E-state index is 13.4. The van der Waals surface area contributed by atoms with Crippen LogP contribution in [0.25, 0.3) is 0 Å². The molecule has 0 aliphatic rings. The molecule has 0 radical (unpaired) electrons. The van der Waals surface area contributed by atoms with Crippen LogP contribution in [0, 0.1) is 12.7 Å². The molecule has 3 nitrogen and oxygen atoms in total. The molecule has 0 spiro atoms. The summed E-state index contributed by atoms with van der Waals surface area (Å²) in [6, 6.07) is 6.74. The largest absolute Gasteiger partial charge is 0.322 e. The summed E-state index contributed by atoms with van der Waals surface area (Å²) < 4.78 is 15.7. The van der Waals surface area contributed by atoms with Gasteiger partial charge in [-0.1, -0.05) is 12.1 Å². The monoisotopic (exact) mass is 311 g/mol. The highest BCUT2D eigenvalue weighted by molar-refractivity contribution is 9.10. The topological polar surface area (TPSA) is 43.8 Å². The molecule has 1 unspecified atom stereocenters. The summed E-state index contributed by atoms with van der Waals surface area (Å²) in [5.74, 6) is -0.263. The first-order valence-electron chi connectivity index (χ1n) is 5.68. The minimum atomic E-state index is -0.263. The highest BCUT2D eigenvalue weighted by Crippen LogP contribution is 2.25. The molecule has 1 aromatic carbocycles. The molecular formula is C13H15BrFN3. The molecule has 18 heavy (non-hydrogen) atoms. The number of benzene rings is 1. The minimum Gasteiger partial charge on any atom is -0.322 e. The Labute approximate surface area is 114 Å². The molecule has 0 amide bonds. The van der Waals surface area contributed by atoms with Crippen LogP contribution in [-0.4, -0.2) is 9.78 Å². The molecule has 2 rings (SSSR count). The molecule has 0 aliphatic heterocycles. The Balaban J connectivity index is 2.24. The van der Waals surface area contributed by atoms with Gasteiger partial charge in [-0.25, -0.2) is 4.39 Å². The first kappa shape index (κ1) is 13.2. The maximum absolute atomic E-state index is 13.4. The lowest BCUT2D eigenvalue weighted by atomic mass is 10.0. The standard InChI is InChI=1S/C13H15BrFN3/c1-8-6-12(18(2)17-8)11(16)7-9-4-3-5-10(15)13(9)14/h3-6,11H,7,16H2,1-2H3. The highest BCUT2D eigenvalue weighted by atomic mass is 79.9. The van der Waals surface area contributed by atoms with Crippen LogP contribution < -0.4 is 5.73 Å². The molecule has 0 saturated carbocycles. The third kappa shape index (κ3) is 2.62. The van der Waals surface area contributed by atoms with Gasteiger partial charge in [-0.2, -0.15) is 5.10 Å². The van der Waals surface area contributed by atoms with Crippen LogP contribution in [-0.2, 0) is 13.5 Å². The van der Waals surface area contributed by atoms with E-state index < -0.39 is 0 Å². The van der Waals surface area contributed by atoms with Gasteiger partial charge >= 0.3 is 0 Å². The van der Waals surface area contributed by atoms with Gasteiger partial charge in [0.2, 0.25) is 0 Å². The van der Waals surface area contributed by atoms with Gasteiger partial charge < -0.3 is 5.73 Å². The number of hydrogen-bond donors (Lipinski definition) is 1. The van der Waals surface area contributed by atoms with E-state index in [2.05, 4.69) is 21.0 Å².